The predicted molar refractivity (Wildman–Crippen MR) is 52.4 cm³/mol. The molecule has 0 unspecified atom stereocenters. The topological polar surface area (TPSA) is 89.1 Å². The van der Waals surface area contributed by atoms with Gasteiger partial charge in [0.25, 0.3) is 0 Å². The molecule has 0 atom stereocenters. The smallest absolute Gasteiger partial charge is 0.355 e. The van der Waals surface area contributed by atoms with E-state index in [4.69, 9.17) is 22.4 Å². The summed E-state index contributed by atoms with van der Waals surface area (Å²) in [5, 5.41) is 8.96. The monoisotopic (exact) mass is 215 g/mol. The Hall–Kier alpha value is -1.36. The molecule has 0 saturated heterocycles. The molecule has 0 aliphatic heterocycles. The zero-order valence-electron chi connectivity index (χ0n) is 7.62. The molecule has 0 amide bonds. The number of aromatic carboxylic acids is 1. The van der Waals surface area contributed by atoms with Gasteiger partial charge in [0, 0.05) is 5.56 Å². The first kappa shape index (κ1) is 10.7. The molecule has 0 spiro atoms. The van der Waals surface area contributed by atoms with E-state index in [1.807, 2.05) is 6.92 Å². The summed E-state index contributed by atoms with van der Waals surface area (Å²) < 4.78 is 0. The van der Waals surface area contributed by atoms with Gasteiger partial charge in [-0.3, -0.25) is 0 Å². The number of carbonyl (C=O) groups is 1. The van der Waals surface area contributed by atoms with Crippen molar-refractivity contribution < 1.29 is 9.90 Å². The zero-order valence-corrected chi connectivity index (χ0v) is 8.38. The molecule has 5 nitrogen and oxygen atoms in total. The third-order valence-electron chi connectivity index (χ3n) is 1.68. The van der Waals surface area contributed by atoms with E-state index in [1.54, 1.807) is 0 Å². The summed E-state index contributed by atoms with van der Waals surface area (Å²) in [5.41, 5.74) is 5.63. The van der Waals surface area contributed by atoms with Crippen molar-refractivity contribution in [1.29, 1.82) is 0 Å². The van der Waals surface area contributed by atoms with Crippen LogP contribution in [0.2, 0.25) is 5.15 Å². The van der Waals surface area contributed by atoms with Crippen LogP contribution in [0.4, 0.5) is 5.95 Å². The fraction of sp³-hybridized carbons (Fsp3) is 0.375. The Labute approximate surface area is 85.9 Å². The van der Waals surface area contributed by atoms with Gasteiger partial charge >= 0.3 is 5.97 Å². The molecular weight excluding hydrogens is 206 g/mol. The van der Waals surface area contributed by atoms with Crippen molar-refractivity contribution in [1.82, 2.24) is 9.97 Å². The molecule has 0 radical (unpaired) electrons. The van der Waals surface area contributed by atoms with Gasteiger partial charge in [-0.1, -0.05) is 24.9 Å². The van der Waals surface area contributed by atoms with Crippen molar-refractivity contribution in [2.24, 2.45) is 0 Å². The fourth-order valence-corrected chi connectivity index (χ4v) is 1.39. The molecule has 1 aromatic heterocycles. The highest BCUT2D eigenvalue weighted by atomic mass is 35.5. The first-order chi connectivity index (χ1) is 6.56. The van der Waals surface area contributed by atoms with Gasteiger partial charge in [-0.25, -0.2) is 14.8 Å². The Morgan fingerprint density at radius 2 is 2.21 bits per heavy atom. The van der Waals surface area contributed by atoms with Gasteiger partial charge in [-0.05, 0) is 6.42 Å². The Kier molecular flexibility index (Phi) is 3.24. The summed E-state index contributed by atoms with van der Waals surface area (Å²) in [5.74, 6) is -1.25. The van der Waals surface area contributed by atoms with E-state index in [0.29, 0.717) is 12.0 Å². The Bertz CT molecular complexity index is 368. The fourth-order valence-electron chi connectivity index (χ4n) is 1.12. The van der Waals surface area contributed by atoms with E-state index in [1.165, 1.54) is 0 Å². The minimum absolute atomic E-state index is 0.107. The lowest BCUT2D eigenvalue weighted by molar-refractivity contribution is 0.0689. The van der Waals surface area contributed by atoms with Gasteiger partial charge in [-0.2, -0.15) is 0 Å². The average Bonchev–Trinajstić information content (AvgIpc) is 2.09. The average molecular weight is 216 g/mol. The van der Waals surface area contributed by atoms with Crippen molar-refractivity contribution in [2.45, 2.75) is 19.8 Å². The van der Waals surface area contributed by atoms with E-state index in [2.05, 4.69) is 9.97 Å². The summed E-state index contributed by atoms with van der Waals surface area (Å²) >= 11 is 5.76. The van der Waals surface area contributed by atoms with Crippen LogP contribution in [-0.4, -0.2) is 21.0 Å². The molecule has 14 heavy (non-hydrogen) atoms. The minimum Gasteiger partial charge on any atom is -0.476 e. The van der Waals surface area contributed by atoms with Crippen LogP contribution in [0.3, 0.4) is 0 Å². The maximum atomic E-state index is 10.8. The summed E-state index contributed by atoms with van der Waals surface area (Å²) in [6.07, 6.45) is 1.30. The summed E-state index contributed by atoms with van der Waals surface area (Å²) in [4.78, 5) is 18.1. The van der Waals surface area contributed by atoms with E-state index in [9.17, 15) is 4.79 Å². The normalized spacial score (nSPS) is 10.1. The van der Waals surface area contributed by atoms with Crippen LogP contribution in [0.15, 0.2) is 0 Å². The molecule has 1 heterocycles. The predicted octanol–water partition coefficient (Wildman–Crippen LogP) is 1.36. The summed E-state index contributed by atoms with van der Waals surface area (Å²) in [6, 6.07) is 0. The molecule has 0 fully saturated rings. The van der Waals surface area contributed by atoms with Crippen LogP contribution < -0.4 is 5.73 Å². The first-order valence-corrected chi connectivity index (χ1v) is 4.49. The molecule has 6 heteroatoms. The van der Waals surface area contributed by atoms with Crippen molar-refractivity contribution in [2.75, 3.05) is 5.73 Å². The van der Waals surface area contributed by atoms with Gasteiger partial charge < -0.3 is 10.8 Å². The number of nitrogen functional groups attached to an aromatic ring is 1. The Morgan fingerprint density at radius 3 is 2.71 bits per heavy atom. The molecule has 0 aliphatic rings. The van der Waals surface area contributed by atoms with Crippen LogP contribution in [0, 0.1) is 0 Å². The number of aromatic nitrogens is 2. The van der Waals surface area contributed by atoms with Crippen molar-refractivity contribution in [3.8, 4) is 0 Å². The minimum atomic E-state index is -1.13. The quantitative estimate of drug-likeness (QED) is 0.744. The first-order valence-electron chi connectivity index (χ1n) is 4.11. The number of carboxylic acids is 1. The van der Waals surface area contributed by atoms with Crippen LogP contribution in [0.5, 0.6) is 0 Å². The molecule has 0 aromatic carbocycles. The van der Waals surface area contributed by atoms with Gasteiger partial charge in [-0.15, -0.1) is 0 Å². The molecule has 1 rings (SSSR count). The van der Waals surface area contributed by atoms with E-state index >= 15 is 0 Å². The van der Waals surface area contributed by atoms with Crippen molar-refractivity contribution in [3.63, 3.8) is 0 Å². The van der Waals surface area contributed by atoms with Crippen LogP contribution in [-0.2, 0) is 6.42 Å². The number of carboxylic acid groups (broad SMARTS) is 1. The number of hydrogen-bond donors (Lipinski definition) is 2. The van der Waals surface area contributed by atoms with Gasteiger partial charge in [0.15, 0.2) is 5.69 Å². The standard InChI is InChI=1S/C8H10ClN3O2/c1-2-3-4-5(7(13)14)11-8(10)12-6(4)9/h2-3H2,1H3,(H,13,14)(H2,10,11,12). The zero-order chi connectivity index (χ0) is 10.7. The van der Waals surface area contributed by atoms with Gasteiger partial charge in [0.05, 0.1) is 0 Å². The Morgan fingerprint density at radius 1 is 1.57 bits per heavy atom. The lowest BCUT2D eigenvalue weighted by Crippen LogP contribution is -2.10. The highest BCUT2D eigenvalue weighted by Gasteiger charge is 2.16. The van der Waals surface area contributed by atoms with E-state index in [-0.39, 0.29) is 16.8 Å². The van der Waals surface area contributed by atoms with Gasteiger partial charge in [0.2, 0.25) is 5.95 Å². The van der Waals surface area contributed by atoms with Crippen LogP contribution in [0.25, 0.3) is 0 Å². The lowest BCUT2D eigenvalue weighted by Gasteiger charge is -2.06. The number of hydrogen-bond acceptors (Lipinski definition) is 4. The SMILES string of the molecule is CCCc1c(Cl)nc(N)nc1C(=O)O. The number of halogens is 1. The molecule has 1 aromatic rings. The highest BCUT2D eigenvalue weighted by molar-refractivity contribution is 6.30. The van der Waals surface area contributed by atoms with Crippen molar-refractivity contribution in [3.05, 3.63) is 16.4 Å². The number of nitrogens with two attached hydrogens (primary N) is 1. The van der Waals surface area contributed by atoms with E-state index in [0.717, 1.165) is 6.42 Å². The van der Waals surface area contributed by atoms with Crippen molar-refractivity contribution >= 4 is 23.5 Å². The van der Waals surface area contributed by atoms with Crippen LogP contribution in [0.1, 0.15) is 29.4 Å². The van der Waals surface area contributed by atoms with Gasteiger partial charge in [0.1, 0.15) is 5.15 Å². The number of nitrogens with zero attached hydrogens (tertiary/aromatic N) is 2. The summed E-state index contributed by atoms with van der Waals surface area (Å²) in [7, 11) is 0. The molecule has 3 N–H and O–H groups in total. The highest BCUT2D eigenvalue weighted by Crippen LogP contribution is 2.19. The molecule has 0 aliphatic carbocycles. The second-order valence-electron chi connectivity index (χ2n) is 2.75. The van der Waals surface area contributed by atoms with Crippen LogP contribution >= 0.6 is 11.6 Å². The second kappa shape index (κ2) is 4.23. The molecule has 0 bridgehead atoms. The maximum Gasteiger partial charge on any atom is 0.355 e. The summed E-state index contributed by atoms with van der Waals surface area (Å²) in [6.45, 7) is 1.91. The number of anilines is 1. The third kappa shape index (κ3) is 2.11. The Balaban J connectivity index is 3.28. The number of rotatable bonds is 3. The molecule has 0 saturated carbocycles. The lowest BCUT2D eigenvalue weighted by atomic mass is 10.1. The second-order valence-corrected chi connectivity index (χ2v) is 3.11. The molecule has 76 valence electrons. The van der Waals surface area contributed by atoms with E-state index < -0.39 is 5.97 Å². The largest absolute Gasteiger partial charge is 0.476 e. The molecular formula is C8H10ClN3O2. The third-order valence-corrected chi connectivity index (χ3v) is 1.99. The maximum absolute atomic E-state index is 10.8.